The highest BCUT2D eigenvalue weighted by Gasteiger charge is 2.18. The van der Waals surface area contributed by atoms with Gasteiger partial charge in [-0.2, -0.15) is 0 Å². The number of halogens is 1. The summed E-state index contributed by atoms with van der Waals surface area (Å²) < 4.78 is 14.3. The standard InChI is InChI=1S/C18H23F/c1-17(2,3)13-8-7-12-9-14(18(4,5)6)11-16(19)15(12)10-13/h7-11H,1-6H3. The highest BCUT2D eigenvalue weighted by atomic mass is 19.1. The van der Waals surface area contributed by atoms with E-state index in [1.54, 1.807) is 6.07 Å². The zero-order valence-corrected chi connectivity index (χ0v) is 12.8. The van der Waals surface area contributed by atoms with E-state index in [0.717, 1.165) is 16.3 Å². The molecule has 0 radical (unpaired) electrons. The van der Waals surface area contributed by atoms with E-state index >= 15 is 0 Å². The number of hydrogen-bond donors (Lipinski definition) is 0. The first-order valence-electron chi connectivity index (χ1n) is 6.83. The highest BCUT2D eigenvalue weighted by Crippen LogP contribution is 2.31. The Labute approximate surface area is 115 Å². The maximum atomic E-state index is 14.3. The first kappa shape index (κ1) is 14.0. The molecule has 0 amide bonds. The molecule has 0 nitrogen and oxygen atoms in total. The van der Waals surface area contributed by atoms with Gasteiger partial charge in [0.2, 0.25) is 0 Å². The fourth-order valence-corrected chi connectivity index (χ4v) is 2.21. The van der Waals surface area contributed by atoms with Crippen LogP contribution in [0.2, 0.25) is 0 Å². The molecule has 1 heteroatoms. The van der Waals surface area contributed by atoms with Gasteiger partial charge in [0.15, 0.2) is 0 Å². The topological polar surface area (TPSA) is 0 Å². The van der Waals surface area contributed by atoms with E-state index in [9.17, 15) is 4.39 Å². The maximum Gasteiger partial charge on any atom is 0.131 e. The minimum absolute atomic E-state index is 0.0300. The molecule has 0 aliphatic heterocycles. The van der Waals surface area contributed by atoms with E-state index in [0.29, 0.717) is 0 Å². The van der Waals surface area contributed by atoms with Crippen molar-refractivity contribution >= 4 is 10.8 Å². The Morgan fingerprint density at radius 1 is 0.737 bits per heavy atom. The summed E-state index contributed by atoms with van der Waals surface area (Å²) in [7, 11) is 0. The highest BCUT2D eigenvalue weighted by molar-refractivity contribution is 5.85. The summed E-state index contributed by atoms with van der Waals surface area (Å²) in [6.45, 7) is 12.8. The lowest BCUT2D eigenvalue weighted by atomic mass is 9.83. The Balaban J connectivity index is 2.67. The minimum Gasteiger partial charge on any atom is -0.206 e. The zero-order valence-electron chi connectivity index (χ0n) is 12.8. The molecule has 0 heterocycles. The number of fused-ring (bicyclic) bond motifs is 1. The number of hydrogen-bond acceptors (Lipinski definition) is 0. The lowest BCUT2D eigenvalue weighted by molar-refractivity contribution is 0.575. The molecule has 0 aromatic heterocycles. The molecule has 0 atom stereocenters. The van der Waals surface area contributed by atoms with Gasteiger partial charge in [0.05, 0.1) is 0 Å². The molecular formula is C18H23F. The van der Waals surface area contributed by atoms with Crippen molar-refractivity contribution < 1.29 is 4.39 Å². The summed E-state index contributed by atoms with van der Waals surface area (Å²) in [6.07, 6.45) is 0. The van der Waals surface area contributed by atoms with Crippen LogP contribution >= 0.6 is 0 Å². The second-order valence-electron chi connectivity index (χ2n) is 7.39. The third-order valence-electron chi connectivity index (χ3n) is 3.64. The van der Waals surface area contributed by atoms with E-state index in [4.69, 9.17) is 0 Å². The van der Waals surface area contributed by atoms with E-state index < -0.39 is 0 Å². The van der Waals surface area contributed by atoms with Gasteiger partial charge in [-0.15, -0.1) is 0 Å². The predicted molar refractivity (Wildman–Crippen MR) is 81.3 cm³/mol. The van der Waals surface area contributed by atoms with Crippen LogP contribution in [0, 0.1) is 5.82 Å². The van der Waals surface area contributed by atoms with E-state index in [-0.39, 0.29) is 16.6 Å². The van der Waals surface area contributed by atoms with Crippen molar-refractivity contribution in [2.45, 2.75) is 52.4 Å². The van der Waals surface area contributed by atoms with Crippen LogP contribution in [0.15, 0.2) is 30.3 Å². The predicted octanol–water partition coefficient (Wildman–Crippen LogP) is 5.57. The van der Waals surface area contributed by atoms with Gasteiger partial charge in [-0.25, -0.2) is 4.39 Å². The third kappa shape index (κ3) is 2.80. The average Bonchev–Trinajstić information content (AvgIpc) is 2.26. The average molecular weight is 258 g/mol. The molecule has 102 valence electrons. The molecule has 0 unspecified atom stereocenters. The summed E-state index contributed by atoms with van der Waals surface area (Å²) in [4.78, 5) is 0. The Bertz CT molecular complexity index is 610. The summed E-state index contributed by atoms with van der Waals surface area (Å²) in [6, 6.07) is 9.90. The monoisotopic (exact) mass is 258 g/mol. The normalized spacial score (nSPS) is 13.0. The fraction of sp³-hybridized carbons (Fsp3) is 0.444. The van der Waals surface area contributed by atoms with Crippen LogP contribution in [0.25, 0.3) is 10.8 Å². The van der Waals surface area contributed by atoms with Gasteiger partial charge in [0, 0.05) is 5.39 Å². The summed E-state index contributed by atoms with van der Waals surface area (Å²) in [5.41, 5.74) is 2.23. The van der Waals surface area contributed by atoms with Crippen molar-refractivity contribution in [2.75, 3.05) is 0 Å². The van der Waals surface area contributed by atoms with E-state index in [1.807, 2.05) is 12.1 Å². The lowest BCUT2D eigenvalue weighted by Crippen LogP contribution is -2.12. The van der Waals surface area contributed by atoms with Crippen LogP contribution in [-0.4, -0.2) is 0 Å². The van der Waals surface area contributed by atoms with Crippen molar-refractivity contribution in [2.24, 2.45) is 0 Å². The van der Waals surface area contributed by atoms with Gasteiger partial charge >= 0.3 is 0 Å². The molecule has 0 aliphatic carbocycles. The van der Waals surface area contributed by atoms with Gasteiger partial charge in [-0.05, 0) is 39.5 Å². The van der Waals surface area contributed by atoms with Crippen LogP contribution in [-0.2, 0) is 10.8 Å². The molecular weight excluding hydrogens is 235 g/mol. The van der Waals surface area contributed by atoms with Gasteiger partial charge < -0.3 is 0 Å². The number of rotatable bonds is 0. The fourth-order valence-electron chi connectivity index (χ4n) is 2.21. The quantitative estimate of drug-likeness (QED) is 0.579. The van der Waals surface area contributed by atoms with Crippen LogP contribution in [0.1, 0.15) is 52.7 Å². The van der Waals surface area contributed by atoms with Crippen molar-refractivity contribution in [1.82, 2.24) is 0 Å². The maximum absolute atomic E-state index is 14.3. The first-order valence-corrected chi connectivity index (χ1v) is 6.83. The summed E-state index contributed by atoms with van der Waals surface area (Å²) in [5, 5.41) is 1.71. The molecule has 2 rings (SSSR count). The summed E-state index contributed by atoms with van der Waals surface area (Å²) >= 11 is 0. The molecule has 0 fully saturated rings. The second kappa shape index (κ2) is 4.33. The third-order valence-corrected chi connectivity index (χ3v) is 3.64. The Morgan fingerprint density at radius 2 is 1.32 bits per heavy atom. The van der Waals surface area contributed by atoms with Crippen molar-refractivity contribution in [3.8, 4) is 0 Å². The smallest absolute Gasteiger partial charge is 0.131 e. The molecule has 2 aromatic rings. The van der Waals surface area contributed by atoms with E-state index in [1.165, 1.54) is 5.56 Å². The van der Waals surface area contributed by atoms with E-state index in [2.05, 4.69) is 53.7 Å². The lowest BCUT2D eigenvalue weighted by Gasteiger charge is -2.22. The van der Waals surface area contributed by atoms with Crippen molar-refractivity contribution in [3.63, 3.8) is 0 Å². The van der Waals surface area contributed by atoms with Crippen LogP contribution in [0.3, 0.4) is 0 Å². The molecule has 0 N–H and O–H groups in total. The van der Waals surface area contributed by atoms with Gasteiger partial charge in [0.25, 0.3) is 0 Å². The molecule has 19 heavy (non-hydrogen) atoms. The molecule has 0 saturated carbocycles. The Morgan fingerprint density at radius 3 is 1.84 bits per heavy atom. The molecule has 0 saturated heterocycles. The molecule has 0 bridgehead atoms. The van der Waals surface area contributed by atoms with Gasteiger partial charge in [0.1, 0.15) is 5.82 Å². The minimum atomic E-state index is -0.117. The molecule has 0 aliphatic rings. The molecule has 0 spiro atoms. The van der Waals surface area contributed by atoms with Crippen LogP contribution < -0.4 is 0 Å². The SMILES string of the molecule is CC(C)(C)c1cc(F)c2cc(C(C)(C)C)ccc2c1. The number of benzene rings is 2. The Kier molecular flexibility index (Phi) is 3.20. The van der Waals surface area contributed by atoms with Crippen LogP contribution in [0.4, 0.5) is 4.39 Å². The van der Waals surface area contributed by atoms with Gasteiger partial charge in [-0.1, -0.05) is 59.7 Å². The molecule has 2 aromatic carbocycles. The Hall–Kier alpha value is -1.37. The van der Waals surface area contributed by atoms with Crippen molar-refractivity contribution in [3.05, 3.63) is 47.3 Å². The first-order chi connectivity index (χ1) is 8.59. The largest absolute Gasteiger partial charge is 0.206 e. The van der Waals surface area contributed by atoms with Gasteiger partial charge in [-0.3, -0.25) is 0 Å². The second-order valence-corrected chi connectivity index (χ2v) is 7.39. The van der Waals surface area contributed by atoms with Crippen molar-refractivity contribution in [1.29, 1.82) is 0 Å². The van der Waals surface area contributed by atoms with Crippen LogP contribution in [0.5, 0.6) is 0 Å². The zero-order chi connectivity index (χ0) is 14.4. The summed E-state index contributed by atoms with van der Waals surface area (Å²) in [5.74, 6) is -0.117.